The van der Waals surface area contributed by atoms with Gasteiger partial charge in [0.05, 0.1) is 23.6 Å². The number of halogens is 1. The van der Waals surface area contributed by atoms with Crippen LogP contribution in [0.5, 0.6) is 0 Å². The third-order valence-electron chi connectivity index (χ3n) is 4.35. The van der Waals surface area contributed by atoms with Crippen LogP contribution in [0.2, 0.25) is 0 Å². The van der Waals surface area contributed by atoms with Gasteiger partial charge in [-0.1, -0.05) is 12.1 Å². The average Bonchev–Trinajstić information content (AvgIpc) is 3.25. The van der Waals surface area contributed by atoms with Crippen molar-refractivity contribution in [1.29, 1.82) is 0 Å². The number of carbonyl (C=O) groups is 1. The van der Waals surface area contributed by atoms with Gasteiger partial charge in [-0.05, 0) is 44.7 Å². The second-order valence-electron chi connectivity index (χ2n) is 6.23. The van der Waals surface area contributed by atoms with Gasteiger partial charge in [-0.15, -0.1) is 0 Å². The molecule has 2 aromatic rings. The minimum Gasteiger partial charge on any atom is -0.378 e. The topological polar surface area (TPSA) is 67.0 Å². The van der Waals surface area contributed by atoms with Gasteiger partial charge < -0.3 is 10.1 Å². The molecule has 5 nitrogen and oxygen atoms in total. The molecule has 0 bridgehead atoms. The highest BCUT2D eigenvalue weighted by atomic mass is 19.1. The van der Waals surface area contributed by atoms with Gasteiger partial charge in [0.25, 0.3) is 5.91 Å². The summed E-state index contributed by atoms with van der Waals surface area (Å²) < 4.78 is 19.6. The highest BCUT2D eigenvalue weighted by Gasteiger charge is 2.20. The van der Waals surface area contributed by atoms with Crippen LogP contribution in [0.1, 0.15) is 43.0 Å². The Kier molecular flexibility index (Phi) is 5.25. The summed E-state index contributed by atoms with van der Waals surface area (Å²) in [6.45, 7) is 2.81. The van der Waals surface area contributed by atoms with Crippen molar-refractivity contribution in [3.05, 3.63) is 41.8 Å². The van der Waals surface area contributed by atoms with Crippen LogP contribution in [0, 0.1) is 5.82 Å². The van der Waals surface area contributed by atoms with E-state index in [2.05, 4.69) is 15.5 Å². The van der Waals surface area contributed by atoms with E-state index in [1.165, 1.54) is 12.3 Å². The van der Waals surface area contributed by atoms with Crippen molar-refractivity contribution >= 4 is 5.91 Å². The lowest BCUT2D eigenvalue weighted by atomic mass is 10.1. The normalized spacial score (nSPS) is 18.5. The number of ether oxygens (including phenoxy) is 1. The molecule has 24 heavy (non-hydrogen) atoms. The number of nitrogens with zero attached hydrogens (tertiary/aromatic N) is 1. The Morgan fingerprint density at radius 1 is 1.50 bits per heavy atom. The molecule has 2 unspecified atom stereocenters. The molecule has 6 heteroatoms. The Hall–Kier alpha value is -2.21. The Balaban J connectivity index is 1.63. The highest BCUT2D eigenvalue weighted by molar-refractivity contribution is 5.99. The first-order valence-corrected chi connectivity index (χ1v) is 8.36. The zero-order valence-corrected chi connectivity index (χ0v) is 13.7. The number of nitrogens with one attached hydrogen (secondary N) is 2. The van der Waals surface area contributed by atoms with Crippen molar-refractivity contribution in [1.82, 2.24) is 15.5 Å². The first-order valence-electron chi connectivity index (χ1n) is 8.36. The molecule has 2 atom stereocenters. The lowest BCUT2D eigenvalue weighted by Gasteiger charge is -2.16. The van der Waals surface area contributed by atoms with Crippen LogP contribution < -0.4 is 5.32 Å². The zero-order valence-electron chi connectivity index (χ0n) is 13.7. The summed E-state index contributed by atoms with van der Waals surface area (Å²) in [6.07, 6.45) is 5.75. The zero-order chi connectivity index (χ0) is 16.9. The van der Waals surface area contributed by atoms with Gasteiger partial charge in [-0.25, -0.2) is 4.39 Å². The smallest absolute Gasteiger partial charge is 0.255 e. The van der Waals surface area contributed by atoms with Gasteiger partial charge >= 0.3 is 0 Å². The van der Waals surface area contributed by atoms with Gasteiger partial charge in [0.15, 0.2) is 0 Å². The first kappa shape index (κ1) is 16.6. The van der Waals surface area contributed by atoms with Crippen molar-refractivity contribution in [2.75, 3.05) is 6.61 Å². The quantitative estimate of drug-likeness (QED) is 0.853. The molecule has 1 aromatic heterocycles. The van der Waals surface area contributed by atoms with Gasteiger partial charge in [0.2, 0.25) is 0 Å². The molecule has 128 valence electrons. The van der Waals surface area contributed by atoms with Crippen molar-refractivity contribution in [2.45, 2.75) is 44.8 Å². The standard InChI is InChI=1S/C18H22FN3O2/c1-12(8-9-13-5-4-10-24-13)21-18(23)15-11-20-22-17(15)14-6-2-3-7-16(14)19/h2-3,6-7,11-13H,4-5,8-10H2,1H3,(H,20,22)(H,21,23). The fourth-order valence-corrected chi connectivity index (χ4v) is 3.01. The number of amides is 1. The summed E-state index contributed by atoms with van der Waals surface area (Å²) in [6, 6.07) is 6.35. The Labute approximate surface area is 140 Å². The molecule has 0 aliphatic carbocycles. The molecule has 3 rings (SSSR count). The predicted molar refractivity (Wildman–Crippen MR) is 89.1 cm³/mol. The Morgan fingerprint density at radius 3 is 3.08 bits per heavy atom. The van der Waals surface area contributed by atoms with E-state index in [0.29, 0.717) is 22.9 Å². The number of H-pyrrole nitrogens is 1. The van der Waals surface area contributed by atoms with Gasteiger partial charge in [0.1, 0.15) is 5.82 Å². The number of carbonyl (C=O) groups excluding carboxylic acids is 1. The van der Waals surface area contributed by atoms with E-state index in [1.54, 1.807) is 18.2 Å². The SMILES string of the molecule is CC(CCC1CCCO1)NC(=O)c1cn[nH]c1-c1ccccc1F. The van der Waals surface area contributed by atoms with Gasteiger partial charge in [-0.2, -0.15) is 5.10 Å². The van der Waals surface area contributed by atoms with E-state index < -0.39 is 0 Å². The van der Waals surface area contributed by atoms with Gasteiger partial charge in [-0.3, -0.25) is 9.89 Å². The maximum Gasteiger partial charge on any atom is 0.255 e. The molecule has 1 aliphatic heterocycles. The molecular weight excluding hydrogens is 309 g/mol. The van der Waals surface area contributed by atoms with Crippen LogP contribution in [0.15, 0.2) is 30.5 Å². The molecule has 2 heterocycles. The fourth-order valence-electron chi connectivity index (χ4n) is 3.01. The largest absolute Gasteiger partial charge is 0.378 e. The Morgan fingerprint density at radius 2 is 2.33 bits per heavy atom. The van der Waals surface area contributed by atoms with Crippen LogP contribution in [0.3, 0.4) is 0 Å². The van der Waals surface area contributed by atoms with E-state index in [9.17, 15) is 9.18 Å². The predicted octanol–water partition coefficient (Wildman–Crippen LogP) is 3.29. The fraction of sp³-hybridized carbons (Fsp3) is 0.444. The van der Waals surface area contributed by atoms with Crippen molar-refractivity contribution in [2.24, 2.45) is 0 Å². The van der Waals surface area contributed by atoms with E-state index in [0.717, 1.165) is 32.3 Å². The summed E-state index contributed by atoms with van der Waals surface area (Å²) in [7, 11) is 0. The molecule has 1 amide bonds. The second-order valence-corrected chi connectivity index (χ2v) is 6.23. The third-order valence-corrected chi connectivity index (χ3v) is 4.35. The number of hydrogen-bond donors (Lipinski definition) is 2. The number of rotatable bonds is 6. The van der Waals surface area contributed by atoms with E-state index in [4.69, 9.17) is 4.74 Å². The number of hydrogen-bond acceptors (Lipinski definition) is 3. The van der Waals surface area contributed by atoms with Crippen molar-refractivity contribution < 1.29 is 13.9 Å². The maximum atomic E-state index is 14.0. The van der Waals surface area contributed by atoms with Crippen LogP contribution >= 0.6 is 0 Å². The summed E-state index contributed by atoms with van der Waals surface area (Å²) in [5, 5.41) is 9.59. The summed E-state index contributed by atoms with van der Waals surface area (Å²) in [5.41, 5.74) is 1.09. The number of aromatic amines is 1. The van der Waals surface area contributed by atoms with Crippen molar-refractivity contribution in [3.8, 4) is 11.3 Å². The molecule has 2 N–H and O–H groups in total. The lowest BCUT2D eigenvalue weighted by molar-refractivity contribution is 0.0900. The minimum absolute atomic E-state index is 0.0186. The molecule has 1 fully saturated rings. The molecule has 1 aromatic carbocycles. The molecular formula is C18H22FN3O2. The van der Waals surface area contributed by atoms with Crippen LogP contribution in [0.25, 0.3) is 11.3 Å². The lowest BCUT2D eigenvalue weighted by Crippen LogP contribution is -2.33. The van der Waals surface area contributed by atoms with E-state index >= 15 is 0 Å². The second kappa shape index (κ2) is 7.57. The van der Waals surface area contributed by atoms with Crippen LogP contribution in [-0.4, -0.2) is 34.9 Å². The summed E-state index contributed by atoms with van der Waals surface area (Å²) >= 11 is 0. The maximum absolute atomic E-state index is 14.0. The van der Waals surface area contributed by atoms with Crippen LogP contribution in [-0.2, 0) is 4.74 Å². The average molecular weight is 331 g/mol. The van der Waals surface area contributed by atoms with Crippen LogP contribution in [0.4, 0.5) is 4.39 Å². The van der Waals surface area contributed by atoms with Gasteiger partial charge in [0, 0.05) is 18.2 Å². The molecule has 1 saturated heterocycles. The number of benzene rings is 1. The number of aromatic nitrogens is 2. The Bertz CT molecular complexity index is 695. The molecule has 1 aliphatic rings. The third kappa shape index (κ3) is 3.82. The summed E-state index contributed by atoms with van der Waals surface area (Å²) in [5.74, 6) is -0.635. The molecule has 0 spiro atoms. The van der Waals surface area contributed by atoms with E-state index in [-0.39, 0.29) is 17.8 Å². The monoisotopic (exact) mass is 331 g/mol. The van der Waals surface area contributed by atoms with E-state index in [1.807, 2.05) is 6.92 Å². The minimum atomic E-state index is -0.387. The first-order chi connectivity index (χ1) is 11.6. The highest BCUT2D eigenvalue weighted by Crippen LogP contribution is 2.24. The summed E-state index contributed by atoms with van der Waals surface area (Å²) in [4.78, 5) is 12.5. The van der Waals surface area contributed by atoms with Crippen molar-refractivity contribution in [3.63, 3.8) is 0 Å². The molecule has 0 radical (unpaired) electrons. The molecule has 0 saturated carbocycles.